The Morgan fingerprint density at radius 3 is 2.72 bits per heavy atom. The summed E-state index contributed by atoms with van der Waals surface area (Å²) in [4.78, 5) is 17.4. The maximum atomic E-state index is 13.8. The molecule has 29 heavy (non-hydrogen) atoms. The third-order valence-corrected chi connectivity index (χ3v) is 5.12. The van der Waals surface area contributed by atoms with Gasteiger partial charge in [0.2, 0.25) is 11.7 Å². The zero-order chi connectivity index (χ0) is 20.5. The van der Waals surface area contributed by atoms with Gasteiger partial charge in [0, 0.05) is 18.7 Å². The second-order valence-electron chi connectivity index (χ2n) is 7.26. The zero-order valence-electron chi connectivity index (χ0n) is 15.7. The summed E-state index contributed by atoms with van der Waals surface area (Å²) < 4.78 is 19.3. The predicted octanol–water partition coefficient (Wildman–Crippen LogP) is 3.19. The van der Waals surface area contributed by atoms with Gasteiger partial charge in [-0.15, -0.1) is 0 Å². The second-order valence-corrected chi connectivity index (χ2v) is 7.26. The smallest absolute Gasteiger partial charge is 0.335 e. The standard InChI is InChI=1S/C21H20FN3O4/c1-12-2-5-15(8-17(12)22)19-23-20(29-24-19)18-9-16(26)11-25(18)10-13-3-6-14(7-4-13)21(27)28/h2-8,16,18,26H,9-11H2,1H3,(H,27,28). The molecule has 8 heteroatoms. The van der Waals surface area contributed by atoms with E-state index in [9.17, 15) is 14.3 Å². The van der Waals surface area contributed by atoms with Crippen LogP contribution >= 0.6 is 0 Å². The van der Waals surface area contributed by atoms with E-state index in [1.165, 1.54) is 6.07 Å². The minimum absolute atomic E-state index is 0.221. The Morgan fingerprint density at radius 1 is 1.28 bits per heavy atom. The monoisotopic (exact) mass is 397 g/mol. The lowest BCUT2D eigenvalue weighted by Gasteiger charge is -2.21. The molecule has 0 amide bonds. The number of aliphatic hydroxyl groups excluding tert-OH is 1. The molecule has 2 unspecified atom stereocenters. The molecule has 2 atom stereocenters. The number of hydrogen-bond donors (Lipinski definition) is 2. The fraction of sp³-hybridized carbons (Fsp3) is 0.286. The summed E-state index contributed by atoms with van der Waals surface area (Å²) >= 11 is 0. The highest BCUT2D eigenvalue weighted by atomic mass is 19.1. The summed E-state index contributed by atoms with van der Waals surface area (Å²) in [5, 5.41) is 23.2. The van der Waals surface area contributed by atoms with Crippen LogP contribution in [0.15, 0.2) is 47.0 Å². The van der Waals surface area contributed by atoms with Crippen molar-refractivity contribution in [2.24, 2.45) is 0 Å². The predicted molar refractivity (Wildman–Crippen MR) is 102 cm³/mol. The molecule has 2 heterocycles. The van der Waals surface area contributed by atoms with E-state index < -0.39 is 12.1 Å². The fourth-order valence-electron chi connectivity index (χ4n) is 3.52. The van der Waals surface area contributed by atoms with Gasteiger partial charge in [0.25, 0.3) is 0 Å². The summed E-state index contributed by atoms with van der Waals surface area (Å²) in [6, 6.07) is 11.1. The number of rotatable bonds is 5. The van der Waals surface area contributed by atoms with Crippen molar-refractivity contribution in [3.8, 4) is 11.4 Å². The topological polar surface area (TPSA) is 99.7 Å². The van der Waals surface area contributed by atoms with Crippen molar-refractivity contribution < 1.29 is 23.9 Å². The zero-order valence-corrected chi connectivity index (χ0v) is 15.7. The Hall–Kier alpha value is -3.10. The molecule has 1 aromatic heterocycles. The number of carboxylic acids is 1. The number of β-amino-alcohol motifs (C(OH)–C–C–N with tert-alkyl or cyclic N) is 1. The molecule has 1 fully saturated rings. The third-order valence-electron chi connectivity index (χ3n) is 5.12. The average Bonchev–Trinajstić information content (AvgIpc) is 3.31. The summed E-state index contributed by atoms with van der Waals surface area (Å²) in [5.41, 5.74) is 2.20. The van der Waals surface area contributed by atoms with Gasteiger partial charge < -0.3 is 14.7 Å². The van der Waals surface area contributed by atoms with Crippen LogP contribution in [-0.2, 0) is 6.54 Å². The minimum Gasteiger partial charge on any atom is -0.478 e. The SMILES string of the molecule is Cc1ccc(-c2noc(C3CC(O)CN3Cc3ccc(C(=O)O)cc3)n2)cc1F. The van der Waals surface area contributed by atoms with Crippen LogP contribution in [0.2, 0.25) is 0 Å². The van der Waals surface area contributed by atoms with Crippen molar-refractivity contribution in [2.75, 3.05) is 6.54 Å². The maximum Gasteiger partial charge on any atom is 0.335 e. The van der Waals surface area contributed by atoms with Crippen LogP contribution in [0.1, 0.15) is 39.8 Å². The first kappa shape index (κ1) is 19.2. The molecule has 0 bridgehead atoms. The molecule has 7 nitrogen and oxygen atoms in total. The fourth-order valence-corrected chi connectivity index (χ4v) is 3.52. The van der Waals surface area contributed by atoms with Crippen molar-refractivity contribution in [2.45, 2.75) is 32.0 Å². The lowest BCUT2D eigenvalue weighted by atomic mass is 10.1. The van der Waals surface area contributed by atoms with Crippen molar-refractivity contribution >= 4 is 5.97 Å². The van der Waals surface area contributed by atoms with Crippen LogP contribution in [0.5, 0.6) is 0 Å². The molecule has 2 N–H and O–H groups in total. The number of carbonyl (C=O) groups is 1. The summed E-state index contributed by atoms with van der Waals surface area (Å²) in [7, 11) is 0. The molecule has 150 valence electrons. The van der Waals surface area contributed by atoms with E-state index >= 15 is 0 Å². The van der Waals surface area contributed by atoms with Crippen molar-refractivity contribution in [1.82, 2.24) is 15.0 Å². The Balaban J connectivity index is 1.54. The molecular formula is C21H20FN3O4. The summed E-state index contributed by atoms with van der Waals surface area (Å²) in [6.45, 7) is 2.61. The maximum absolute atomic E-state index is 13.8. The molecule has 2 aromatic carbocycles. The van der Waals surface area contributed by atoms with Gasteiger partial charge in [0.15, 0.2) is 0 Å². The van der Waals surface area contributed by atoms with E-state index in [1.807, 2.05) is 4.90 Å². The van der Waals surface area contributed by atoms with E-state index in [0.717, 1.165) is 5.56 Å². The molecule has 0 saturated carbocycles. The number of aromatic carboxylic acids is 1. The number of benzene rings is 2. The Labute approximate surface area is 166 Å². The van der Waals surface area contributed by atoms with Gasteiger partial charge in [0.1, 0.15) is 5.82 Å². The molecule has 1 aliphatic rings. The number of nitrogens with zero attached hydrogens (tertiary/aromatic N) is 3. The second kappa shape index (κ2) is 7.73. The van der Waals surface area contributed by atoms with Crippen LogP contribution < -0.4 is 0 Å². The normalized spacial score (nSPS) is 19.6. The van der Waals surface area contributed by atoms with Crippen LogP contribution in [0, 0.1) is 12.7 Å². The highest BCUT2D eigenvalue weighted by molar-refractivity contribution is 5.87. The van der Waals surface area contributed by atoms with Gasteiger partial charge in [-0.25, -0.2) is 9.18 Å². The Kier molecular flexibility index (Phi) is 5.12. The first-order valence-electron chi connectivity index (χ1n) is 9.25. The molecule has 0 spiro atoms. The molecule has 3 aromatic rings. The lowest BCUT2D eigenvalue weighted by Crippen LogP contribution is -2.24. The van der Waals surface area contributed by atoms with Crippen LogP contribution in [0.25, 0.3) is 11.4 Å². The van der Waals surface area contributed by atoms with E-state index in [2.05, 4.69) is 10.1 Å². The number of aliphatic hydroxyl groups is 1. The van der Waals surface area contributed by atoms with Crippen molar-refractivity contribution in [3.63, 3.8) is 0 Å². The largest absolute Gasteiger partial charge is 0.478 e. The van der Waals surface area contributed by atoms with E-state index in [-0.39, 0.29) is 17.4 Å². The summed E-state index contributed by atoms with van der Waals surface area (Å²) in [6.07, 6.45) is -0.0950. The van der Waals surface area contributed by atoms with E-state index in [4.69, 9.17) is 9.63 Å². The highest BCUT2D eigenvalue weighted by Gasteiger charge is 2.36. The highest BCUT2D eigenvalue weighted by Crippen LogP contribution is 2.33. The first-order chi connectivity index (χ1) is 13.9. The molecular weight excluding hydrogens is 377 g/mol. The molecule has 4 rings (SSSR count). The lowest BCUT2D eigenvalue weighted by molar-refractivity contribution is 0.0697. The van der Waals surface area contributed by atoms with Crippen LogP contribution in [0.4, 0.5) is 4.39 Å². The van der Waals surface area contributed by atoms with Gasteiger partial charge in [-0.05, 0) is 42.7 Å². The van der Waals surface area contributed by atoms with Gasteiger partial charge in [-0.2, -0.15) is 4.98 Å². The quantitative estimate of drug-likeness (QED) is 0.682. The third kappa shape index (κ3) is 4.03. The first-order valence-corrected chi connectivity index (χ1v) is 9.25. The van der Waals surface area contributed by atoms with E-state index in [1.54, 1.807) is 43.3 Å². The van der Waals surface area contributed by atoms with Crippen LogP contribution in [-0.4, -0.2) is 43.9 Å². The molecule has 1 aliphatic heterocycles. The minimum atomic E-state index is -0.975. The molecule has 0 radical (unpaired) electrons. The molecule has 0 aliphatic carbocycles. The van der Waals surface area contributed by atoms with Gasteiger partial charge in [-0.3, -0.25) is 4.90 Å². The molecule has 1 saturated heterocycles. The van der Waals surface area contributed by atoms with Crippen molar-refractivity contribution in [3.05, 3.63) is 70.9 Å². The Morgan fingerprint density at radius 2 is 2.03 bits per heavy atom. The average molecular weight is 397 g/mol. The number of aryl methyl sites for hydroxylation is 1. The number of likely N-dealkylation sites (tertiary alicyclic amines) is 1. The number of halogens is 1. The van der Waals surface area contributed by atoms with E-state index in [0.29, 0.717) is 42.4 Å². The van der Waals surface area contributed by atoms with Gasteiger partial charge in [-0.1, -0.05) is 29.4 Å². The van der Waals surface area contributed by atoms with Gasteiger partial charge in [0.05, 0.1) is 17.7 Å². The van der Waals surface area contributed by atoms with Crippen molar-refractivity contribution in [1.29, 1.82) is 0 Å². The van der Waals surface area contributed by atoms with Crippen LogP contribution in [0.3, 0.4) is 0 Å². The number of aromatic nitrogens is 2. The van der Waals surface area contributed by atoms with Gasteiger partial charge >= 0.3 is 5.97 Å². The summed E-state index contributed by atoms with van der Waals surface area (Å²) in [5.74, 6) is -0.653. The number of carboxylic acid groups (broad SMARTS) is 1. The number of hydrogen-bond acceptors (Lipinski definition) is 6. The Bertz CT molecular complexity index is 1030.